The van der Waals surface area contributed by atoms with Crippen LogP contribution in [-0.4, -0.2) is 37.7 Å². The van der Waals surface area contributed by atoms with E-state index in [0.717, 1.165) is 0 Å². The van der Waals surface area contributed by atoms with Crippen LogP contribution in [0, 0.1) is 23.7 Å². The SMILES string of the molecule is COC(=O)[C@@H]1C(=O)[C@@H]2CC[C@H]1C(=O)[C@@H]2C(=O)OC. The molecule has 3 rings (SSSR count). The third-order valence-electron chi connectivity index (χ3n) is 3.85. The second kappa shape index (κ2) is 4.51. The van der Waals surface area contributed by atoms with E-state index in [1.807, 2.05) is 0 Å². The largest absolute Gasteiger partial charge is 0.468 e. The molecule has 3 fully saturated rings. The summed E-state index contributed by atoms with van der Waals surface area (Å²) in [6.45, 7) is 0. The van der Waals surface area contributed by atoms with Crippen molar-refractivity contribution in [3.63, 3.8) is 0 Å². The topological polar surface area (TPSA) is 86.7 Å². The van der Waals surface area contributed by atoms with Crippen molar-refractivity contribution in [3.8, 4) is 0 Å². The molecule has 0 aromatic carbocycles. The van der Waals surface area contributed by atoms with Crippen molar-refractivity contribution in [1.82, 2.24) is 0 Å². The standard InChI is InChI=1S/C12H14O6/c1-17-11(15)7-5-3-4-6(9(7)13)8(10(5)14)12(16)18-2/h5-8H,3-4H2,1-2H3/t5-,6-,7-,8+/m1/s1. The van der Waals surface area contributed by atoms with Gasteiger partial charge in [0.2, 0.25) is 0 Å². The van der Waals surface area contributed by atoms with Crippen LogP contribution in [-0.2, 0) is 28.7 Å². The Balaban J connectivity index is 2.33. The smallest absolute Gasteiger partial charge is 0.316 e. The molecule has 0 aromatic heterocycles. The molecule has 6 nitrogen and oxygen atoms in total. The van der Waals surface area contributed by atoms with Gasteiger partial charge in [-0.15, -0.1) is 0 Å². The van der Waals surface area contributed by atoms with Crippen LogP contribution in [0.2, 0.25) is 0 Å². The highest BCUT2D eigenvalue weighted by Gasteiger charge is 2.58. The third kappa shape index (κ3) is 1.63. The lowest BCUT2D eigenvalue weighted by atomic mass is 9.58. The first-order chi connectivity index (χ1) is 8.52. The Morgan fingerprint density at radius 3 is 1.50 bits per heavy atom. The quantitative estimate of drug-likeness (QED) is 0.498. The molecule has 0 saturated heterocycles. The molecule has 3 aliphatic carbocycles. The second-order valence-electron chi connectivity index (χ2n) is 4.60. The van der Waals surface area contributed by atoms with Crippen LogP contribution in [0.4, 0.5) is 0 Å². The molecule has 0 unspecified atom stereocenters. The van der Waals surface area contributed by atoms with E-state index in [4.69, 9.17) is 0 Å². The Morgan fingerprint density at radius 2 is 1.22 bits per heavy atom. The summed E-state index contributed by atoms with van der Waals surface area (Å²) in [5.74, 6) is -5.67. The molecule has 0 N–H and O–H groups in total. The van der Waals surface area contributed by atoms with Gasteiger partial charge in [-0.3, -0.25) is 19.2 Å². The molecule has 4 atom stereocenters. The number of hydrogen-bond donors (Lipinski definition) is 0. The average Bonchev–Trinajstić information content (AvgIpc) is 2.38. The molecule has 2 bridgehead atoms. The molecule has 3 saturated carbocycles. The van der Waals surface area contributed by atoms with Gasteiger partial charge in [-0.2, -0.15) is 0 Å². The number of fused-ring (bicyclic) bond motifs is 3. The van der Waals surface area contributed by atoms with E-state index in [0.29, 0.717) is 12.8 Å². The summed E-state index contributed by atoms with van der Waals surface area (Å²) < 4.78 is 9.11. The highest BCUT2D eigenvalue weighted by Crippen LogP contribution is 2.44. The molecule has 0 spiro atoms. The van der Waals surface area contributed by atoms with Gasteiger partial charge in [-0.1, -0.05) is 0 Å². The minimum absolute atomic E-state index is 0.367. The van der Waals surface area contributed by atoms with Crippen LogP contribution in [0.15, 0.2) is 0 Å². The lowest BCUT2D eigenvalue weighted by Crippen LogP contribution is -2.56. The fourth-order valence-electron chi connectivity index (χ4n) is 2.98. The first-order valence-corrected chi connectivity index (χ1v) is 5.76. The van der Waals surface area contributed by atoms with Crippen molar-refractivity contribution in [2.24, 2.45) is 23.7 Å². The van der Waals surface area contributed by atoms with Crippen LogP contribution in [0.25, 0.3) is 0 Å². The molecule has 3 aliphatic rings. The van der Waals surface area contributed by atoms with Gasteiger partial charge >= 0.3 is 11.9 Å². The van der Waals surface area contributed by atoms with Crippen molar-refractivity contribution >= 4 is 23.5 Å². The van der Waals surface area contributed by atoms with Crippen molar-refractivity contribution in [2.45, 2.75) is 12.8 Å². The zero-order valence-electron chi connectivity index (χ0n) is 10.2. The summed E-state index contributed by atoms with van der Waals surface area (Å²) in [6, 6.07) is 0. The number of hydrogen-bond acceptors (Lipinski definition) is 6. The number of ketones is 2. The van der Waals surface area contributed by atoms with E-state index >= 15 is 0 Å². The summed E-state index contributed by atoms with van der Waals surface area (Å²) in [5, 5.41) is 0. The third-order valence-corrected chi connectivity index (χ3v) is 3.85. The van der Waals surface area contributed by atoms with E-state index in [2.05, 4.69) is 9.47 Å². The molecule has 0 amide bonds. The Morgan fingerprint density at radius 1 is 0.889 bits per heavy atom. The number of ether oxygens (including phenoxy) is 2. The van der Waals surface area contributed by atoms with Gasteiger partial charge in [0.25, 0.3) is 0 Å². The van der Waals surface area contributed by atoms with Gasteiger partial charge in [-0.05, 0) is 12.8 Å². The maximum absolute atomic E-state index is 12.1. The van der Waals surface area contributed by atoms with Gasteiger partial charge in [-0.25, -0.2) is 0 Å². The zero-order chi connectivity index (χ0) is 13.4. The molecule has 0 aliphatic heterocycles. The van der Waals surface area contributed by atoms with Crippen LogP contribution in [0.1, 0.15) is 12.8 Å². The first kappa shape index (κ1) is 12.7. The van der Waals surface area contributed by atoms with E-state index < -0.39 is 35.6 Å². The minimum atomic E-state index is -1.04. The Hall–Kier alpha value is -1.72. The molecule has 0 aromatic rings. The fourth-order valence-corrected chi connectivity index (χ4v) is 2.98. The van der Waals surface area contributed by atoms with Crippen molar-refractivity contribution in [2.75, 3.05) is 14.2 Å². The Labute approximate surface area is 104 Å². The van der Waals surface area contributed by atoms with E-state index in [1.54, 1.807) is 0 Å². The maximum Gasteiger partial charge on any atom is 0.316 e. The fraction of sp³-hybridized carbons (Fsp3) is 0.667. The molecule has 18 heavy (non-hydrogen) atoms. The van der Waals surface area contributed by atoms with Crippen LogP contribution < -0.4 is 0 Å². The number of esters is 2. The van der Waals surface area contributed by atoms with Gasteiger partial charge in [0.05, 0.1) is 14.2 Å². The Kier molecular flexibility index (Phi) is 3.19. The van der Waals surface area contributed by atoms with E-state index in [-0.39, 0.29) is 11.6 Å². The Bertz CT molecular complexity index is 386. The van der Waals surface area contributed by atoms with Crippen LogP contribution >= 0.6 is 0 Å². The van der Waals surface area contributed by atoms with Crippen molar-refractivity contribution < 1.29 is 28.7 Å². The number of carbonyl (C=O) groups is 4. The van der Waals surface area contributed by atoms with E-state index in [9.17, 15) is 19.2 Å². The normalized spacial score (nSPS) is 34.3. The van der Waals surface area contributed by atoms with Gasteiger partial charge in [0, 0.05) is 11.8 Å². The molecule has 0 radical (unpaired) electrons. The summed E-state index contributed by atoms with van der Waals surface area (Å²) >= 11 is 0. The average molecular weight is 254 g/mol. The minimum Gasteiger partial charge on any atom is -0.468 e. The number of Topliss-reactive ketones (excluding diaryl/α,β-unsaturated/α-hetero) is 2. The first-order valence-electron chi connectivity index (χ1n) is 5.76. The van der Waals surface area contributed by atoms with Crippen molar-refractivity contribution in [3.05, 3.63) is 0 Å². The number of rotatable bonds is 2. The highest BCUT2D eigenvalue weighted by molar-refractivity contribution is 6.15. The monoisotopic (exact) mass is 254 g/mol. The van der Waals surface area contributed by atoms with Gasteiger partial charge in [0.1, 0.15) is 11.8 Å². The molecule has 6 heteroatoms. The summed E-state index contributed by atoms with van der Waals surface area (Å²) in [4.78, 5) is 47.3. The maximum atomic E-state index is 12.1. The number of carbonyl (C=O) groups excluding carboxylic acids is 4. The van der Waals surface area contributed by atoms with Crippen molar-refractivity contribution in [1.29, 1.82) is 0 Å². The summed E-state index contributed by atoms with van der Waals surface area (Å²) in [6.07, 6.45) is 0.894. The second-order valence-corrected chi connectivity index (χ2v) is 4.60. The summed E-state index contributed by atoms with van der Waals surface area (Å²) in [5.41, 5.74) is 0. The predicted octanol–water partition coefficient (Wildman–Crippen LogP) is -0.257. The lowest BCUT2D eigenvalue weighted by molar-refractivity contribution is -0.172. The van der Waals surface area contributed by atoms with Gasteiger partial charge < -0.3 is 9.47 Å². The van der Waals surface area contributed by atoms with Gasteiger partial charge in [0.15, 0.2) is 11.6 Å². The zero-order valence-corrected chi connectivity index (χ0v) is 10.2. The summed E-state index contributed by atoms with van der Waals surface area (Å²) in [7, 11) is 2.36. The number of methoxy groups -OCH3 is 2. The molecule has 98 valence electrons. The molecular weight excluding hydrogens is 240 g/mol. The highest BCUT2D eigenvalue weighted by atomic mass is 16.5. The molecule has 0 heterocycles. The molecular formula is C12H14O6. The van der Waals surface area contributed by atoms with E-state index in [1.165, 1.54) is 14.2 Å². The predicted molar refractivity (Wildman–Crippen MR) is 57.2 cm³/mol. The van der Waals surface area contributed by atoms with Crippen LogP contribution in [0.5, 0.6) is 0 Å². The lowest BCUT2D eigenvalue weighted by Gasteiger charge is -2.41. The van der Waals surface area contributed by atoms with Crippen LogP contribution in [0.3, 0.4) is 0 Å².